The second-order valence-corrected chi connectivity index (χ2v) is 7.01. The van der Waals surface area contributed by atoms with Crippen LogP contribution in [0, 0.1) is 0 Å². The van der Waals surface area contributed by atoms with Crippen LogP contribution < -0.4 is 15.2 Å². The molecule has 0 saturated carbocycles. The highest BCUT2D eigenvalue weighted by Gasteiger charge is 2.34. The fourth-order valence-electron chi connectivity index (χ4n) is 3.55. The van der Waals surface area contributed by atoms with Gasteiger partial charge in [-0.2, -0.15) is 0 Å². The number of rotatable bonds is 3. The number of ether oxygens (including phenoxy) is 1. The molecule has 0 amide bonds. The third-order valence-corrected chi connectivity index (χ3v) is 4.73. The third kappa shape index (κ3) is 2.63. The zero-order chi connectivity index (χ0) is 17.6. The summed E-state index contributed by atoms with van der Waals surface area (Å²) in [6, 6.07) is 10.0. The maximum atomic E-state index is 12.4. The van der Waals surface area contributed by atoms with Gasteiger partial charge in [0.2, 0.25) is 5.88 Å². The first kappa shape index (κ1) is 15.6. The van der Waals surface area contributed by atoms with Gasteiger partial charge in [0.25, 0.3) is 5.56 Å². The molecule has 2 aromatic heterocycles. The highest BCUT2D eigenvalue weighted by Crippen LogP contribution is 2.40. The number of nitrogens with zero attached hydrogens (tertiary/aromatic N) is 3. The molecule has 0 bridgehead atoms. The largest absolute Gasteiger partial charge is 0.481 e. The molecule has 4 rings (SSSR count). The summed E-state index contributed by atoms with van der Waals surface area (Å²) in [5.74, 6) is 1.04. The van der Waals surface area contributed by atoms with Crippen molar-refractivity contribution in [3.05, 3.63) is 58.3 Å². The van der Waals surface area contributed by atoms with Crippen molar-refractivity contribution in [1.82, 2.24) is 15.0 Å². The van der Waals surface area contributed by atoms with Gasteiger partial charge in [0, 0.05) is 23.7 Å². The predicted molar refractivity (Wildman–Crippen MR) is 97.2 cm³/mol. The van der Waals surface area contributed by atoms with Crippen LogP contribution in [-0.4, -0.2) is 28.6 Å². The molecule has 1 aromatic carbocycles. The summed E-state index contributed by atoms with van der Waals surface area (Å²) in [6.07, 6.45) is 1.58. The van der Waals surface area contributed by atoms with Crippen molar-refractivity contribution in [2.45, 2.75) is 25.8 Å². The lowest BCUT2D eigenvalue weighted by Crippen LogP contribution is -2.29. The Morgan fingerprint density at radius 3 is 2.92 bits per heavy atom. The average molecular weight is 336 g/mol. The number of para-hydroxylation sites is 1. The topological polar surface area (TPSA) is 71.1 Å². The summed E-state index contributed by atoms with van der Waals surface area (Å²) < 4.78 is 5.08. The van der Waals surface area contributed by atoms with Crippen LogP contribution in [0.25, 0.3) is 10.9 Å². The minimum absolute atomic E-state index is 0.0721. The summed E-state index contributed by atoms with van der Waals surface area (Å²) in [6.45, 7) is 5.91. The van der Waals surface area contributed by atoms with Gasteiger partial charge in [-0.15, -0.1) is 0 Å². The maximum absolute atomic E-state index is 12.4. The highest BCUT2D eigenvalue weighted by molar-refractivity contribution is 5.77. The molecule has 0 saturated heterocycles. The number of nitrogens with one attached hydrogen (secondary N) is 1. The van der Waals surface area contributed by atoms with Gasteiger partial charge in [0.05, 0.1) is 30.8 Å². The Morgan fingerprint density at radius 1 is 1.32 bits per heavy atom. The first-order chi connectivity index (χ1) is 12.0. The molecule has 128 valence electrons. The molecule has 0 fully saturated rings. The zero-order valence-electron chi connectivity index (χ0n) is 14.5. The van der Waals surface area contributed by atoms with Gasteiger partial charge in [-0.05, 0) is 11.6 Å². The van der Waals surface area contributed by atoms with Crippen LogP contribution in [0.3, 0.4) is 0 Å². The zero-order valence-corrected chi connectivity index (χ0v) is 14.5. The van der Waals surface area contributed by atoms with E-state index in [-0.39, 0.29) is 11.0 Å². The van der Waals surface area contributed by atoms with E-state index >= 15 is 0 Å². The van der Waals surface area contributed by atoms with E-state index < -0.39 is 0 Å². The van der Waals surface area contributed by atoms with Gasteiger partial charge in [-0.25, -0.2) is 9.97 Å². The van der Waals surface area contributed by atoms with Crippen LogP contribution in [0.4, 0.5) is 5.69 Å². The Balaban J connectivity index is 1.71. The fourth-order valence-corrected chi connectivity index (χ4v) is 3.55. The molecule has 6 nitrogen and oxygen atoms in total. The van der Waals surface area contributed by atoms with Gasteiger partial charge in [-0.1, -0.05) is 32.0 Å². The Morgan fingerprint density at radius 2 is 2.12 bits per heavy atom. The van der Waals surface area contributed by atoms with Crippen molar-refractivity contribution >= 4 is 16.6 Å². The van der Waals surface area contributed by atoms with Gasteiger partial charge in [-0.3, -0.25) is 4.79 Å². The quantitative estimate of drug-likeness (QED) is 0.796. The van der Waals surface area contributed by atoms with E-state index in [1.165, 1.54) is 18.4 Å². The number of pyridine rings is 1. The Labute approximate surface area is 145 Å². The lowest BCUT2D eigenvalue weighted by molar-refractivity contribution is 0.398. The Bertz CT molecular complexity index is 1010. The second-order valence-electron chi connectivity index (χ2n) is 7.01. The maximum Gasteiger partial charge on any atom is 0.259 e. The summed E-state index contributed by atoms with van der Waals surface area (Å²) in [4.78, 5) is 26.3. The van der Waals surface area contributed by atoms with Crippen molar-refractivity contribution in [3.63, 3.8) is 0 Å². The monoisotopic (exact) mass is 336 g/mol. The molecular weight excluding hydrogens is 316 g/mol. The number of hydrogen-bond acceptors (Lipinski definition) is 5. The van der Waals surface area contributed by atoms with Crippen LogP contribution in [-0.2, 0) is 12.0 Å². The van der Waals surface area contributed by atoms with Gasteiger partial charge in [0.15, 0.2) is 0 Å². The number of H-pyrrole nitrogens is 1. The first-order valence-corrected chi connectivity index (χ1v) is 8.25. The molecule has 1 N–H and O–H groups in total. The van der Waals surface area contributed by atoms with Crippen molar-refractivity contribution in [3.8, 4) is 5.88 Å². The van der Waals surface area contributed by atoms with Crippen molar-refractivity contribution in [2.24, 2.45) is 0 Å². The van der Waals surface area contributed by atoms with Crippen molar-refractivity contribution in [2.75, 3.05) is 18.6 Å². The van der Waals surface area contributed by atoms with Crippen LogP contribution >= 0.6 is 0 Å². The Kier molecular flexibility index (Phi) is 3.49. The Hall–Kier alpha value is -2.89. The number of fused-ring (bicyclic) bond motifs is 2. The normalized spacial score (nSPS) is 15.4. The van der Waals surface area contributed by atoms with E-state index in [1.54, 1.807) is 12.3 Å². The molecule has 1 aliphatic heterocycles. The van der Waals surface area contributed by atoms with Crippen LogP contribution in [0.1, 0.15) is 25.2 Å². The number of aromatic nitrogens is 3. The van der Waals surface area contributed by atoms with E-state index in [9.17, 15) is 4.79 Å². The molecule has 6 heteroatoms. The molecule has 3 heterocycles. The number of methoxy groups -OCH3 is 1. The smallest absolute Gasteiger partial charge is 0.259 e. The molecule has 0 unspecified atom stereocenters. The SMILES string of the molecule is COc1cc2c(=O)[nH]c(CN3CC(C)(C)c4ccccc43)nc2cn1. The summed E-state index contributed by atoms with van der Waals surface area (Å²) >= 11 is 0. The van der Waals surface area contributed by atoms with E-state index in [1.807, 2.05) is 6.07 Å². The number of aromatic amines is 1. The summed E-state index contributed by atoms with van der Waals surface area (Å²) in [5, 5.41) is 0.484. The molecule has 1 aliphatic rings. The van der Waals surface area contributed by atoms with Gasteiger partial charge >= 0.3 is 0 Å². The lowest BCUT2D eigenvalue weighted by Gasteiger charge is -2.22. The number of hydrogen-bond donors (Lipinski definition) is 1. The van der Waals surface area contributed by atoms with Gasteiger partial charge in [0.1, 0.15) is 5.82 Å². The van der Waals surface area contributed by atoms with Crippen molar-refractivity contribution < 1.29 is 4.74 Å². The molecular formula is C19H20N4O2. The molecule has 3 aromatic rings. The molecule has 0 atom stereocenters. The van der Waals surface area contributed by atoms with E-state index in [4.69, 9.17) is 4.74 Å². The summed E-state index contributed by atoms with van der Waals surface area (Å²) in [7, 11) is 1.52. The average Bonchev–Trinajstić information content (AvgIpc) is 2.86. The van der Waals surface area contributed by atoms with Crippen LogP contribution in [0.15, 0.2) is 41.3 Å². The molecule has 0 aliphatic carbocycles. The lowest BCUT2D eigenvalue weighted by atomic mass is 9.87. The standard InChI is InChI=1S/C19H20N4O2/c1-19(2)11-23(15-7-5-4-6-13(15)19)10-16-21-14-9-20-17(25-3)8-12(14)18(24)22-16/h4-9H,10-11H2,1-3H3,(H,21,22,24). The van der Waals surface area contributed by atoms with E-state index in [2.05, 4.69) is 51.9 Å². The minimum Gasteiger partial charge on any atom is -0.481 e. The highest BCUT2D eigenvalue weighted by atomic mass is 16.5. The fraction of sp³-hybridized carbons (Fsp3) is 0.316. The summed E-state index contributed by atoms with van der Waals surface area (Å²) in [5.41, 5.74) is 2.99. The van der Waals surface area contributed by atoms with Crippen molar-refractivity contribution in [1.29, 1.82) is 0 Å². The predicted octanol–water partition coefficient (Wildman–Crippen LogP) is 2.62. The van der Waals surface area contributed by atoms with Crippen LogP contribution in [0.2, 0.25) is 0 Å². The van der Waals surface area contributed by atoms with Gasteiger partial charge < -0.3 is 14.6 Å². The molecule has 25 heavy (non-hydrogen) atoms. The van der Waals surface area contributed by atoms with Crippen LogP contribution in [0.5, 0.6) is 5.88 Å². The molecule has 0 spiro atoms. The first-order valence-electron chi connectivity index (χ1n) is 8.25. The molecule has 0 radical (unpaired) electrons. The third-order valence-electron chi connectivity index (χ3n) is 4.73. The van der Waals surface area contributed by atoms with E-state index in [0.29, 0.717) is 29.2 Å². The second kappa shape index (κ2) is 5.58. The van der Waals surface area contributed by atoms with E-state index in [0.717, 1.165) is 6.54 Å². The number of benzene rings is 1. The number of anilines is 1. The minimum atomic E-state index is -0.174.